The van der Waals surface area contributed by atoms with Gasteiger partial charge in [-0.2, -0.15) is 0 Å². The van der Waals surface area contributed by atoms with E-state index in [0.29, 0.717) is 36.8 Å². The first kappa shape index (κ1) is 14.1. The molecule has 3 heterocycles. The number of imidazole rings is 1. The van der Waals surface area contributed by atoms with Crippen LogP contribution in [0.3, 0.4) is 0 Å². The van der Waals surface area contributed by atoms with Crippen molar-refractivity contribution in [2.24, 2.45) is 0 Å². The molecule has 0 bridgehead atoms. The monoisotopic (exact) mass is 315 g/mol. The topological polar surface area (TPSA) is 76.7 Å². The van der Waals surface area contributed by atoms with Crippen LogP contribution in [0.4, 0.5) is 0 Å². The summed E-state index contributed by atoms with van der Waals surface area (Å²) < 4.78 is 16.2. The minimum Gasteiger partial charge on any atom is -0.454 e. The molecule has 2 aromatic rings. The summed E-state index contributed by atoms with van der Waals surface area (Å²) in [4.78, 5) is 22.3. The number of nitrogens with one attached hydrogen (secondary N) is 1. The molecule has 0 saturated carbocycles. The standard InChI is InChI=1S/C16H17N3O4/c1-10-7-17-15(18-10)12-8-21-5-4-19(12)16(20)11-2-3-13-14(6-11)23-9-22-13/h2-3,6-7,12H,4-5,8-9H2,1H3,(H,17,18)/t12-/m0/s1. The van der Waals surface area contributed by atoms with Gasteiger partial charge >= 0.3 is 0 Å². The molecule has 7 nitrogen and oxygen atoms in total. The van der Waals surface area contributed by atoms with Crippen molar-refractivity contribution in [3.8, 4) is 11.5 Å². The van der Waals surface area contributed by atoms with E-state index in [4.69, 9.17) is 14.2 Å². The zero-order valence-corrected chi connectivity index (χ0v) is 12.7. The number of rotatable bonds is 2. The molecule has 1 atom stereocenters. The fourth-order valence-electron chi connectivity index (χ4n) is 2.87. The maximum atomic E-state index is 12.9. The lowest BCUT2D eigenvalue weighted by atomic mass is 10.1. The summed E-state index contributed by atoms with van der Waals surface area (Å²) in [5.41, 5.74) is 1.53. The summed E-state index contributed by atoms with van der Waals surface area (Å²) in [5, 5.41) is 0. The van der Waals surface area contributed by atoms with E-state index in [1.54, 1.807) is 29.3 Å². The zero-order valence-electron chi connectivity index (χ0n) is 12.7. The van der Waals surface area contributed by atoms with Crippen LogP contribution in [-0.2, 0) is 4.74 Å². The van der Waals surface area contributed by atoms with Crippen molar-refractivity contribution < 1.29 is 19.0 Å². The summed E-state index contributed by atoms with van der Waals surface area (Å²) in [6.45, 7) is 3.61. The van der Waals surface area contributed by atoms with E-state index in [2.05, 4.69) is 9.97 Å². The van der Waals surface area contributed by atoms with Crippen LogP contribution in [0, 0.1) is 6.92 Å². The van der Waals surface area contributed by atoms with Crippen molar-refractivity contribution in [3.05, 3.63) is 41.5 Å². The summed E-state index contributed by atoms with van der Waals surface area (Å²) in [7, 11) is 0. The van der Waals surface area contributed by atoms with Gasteiger partial charge in [-0.3, -0.25) is 4.79 Å². The predicted molar refractivity (Wildman–Crippen MR) is 80.5 cm³/mol. The molecular weight excluding hydrogens is 298 g/mol. The van der Waals surface area contributed by atoms with Crippen molar-refractivity contribution in [1.82, 2.24) is 14.9 Å². The number of H-pyrrole nitrogens is 1. The largest absolute Gasteiger partial charge is 0.454 e. The molecule has 0 radical (unpaired) electrons. The van der Waals surface area contributed by atoms with Crippen LogP contribution in [0.2, 0.25) is 0 Å². The van der Waals surface area contributed by atoms with Crippen LogP contribution in [0.15, 0.2) is 24.4 Å². The quantitative estimate of drug-likeness (QED) is 0.912. The number of benzene rings is 1. The van der Waals surface area contributed by atoms with Crippen LogP contribution in [0.25, 0.3) is 0 Å². The normalized spacial score (nSPS) is 19.9. The maximum Gasteiger partial charge on any atom is 0.254 e. The fraction of sp³-hybridized carbons (Fsp3) is 0.375. The van der Waals surface area contributed by atoms with Crippen molar-refractivity contribution in [1.29, 1.82) is 0 Å². The molecule has 0 unspecified atom stereocenters. The molecule has 4 rings (SSSR count). The molecule has 1 aromatic heterocycles. The third-order valence-corrected chi connectivity index (χ3v) is 4.05. The molecule has 0 aliphatic carbocycles. The molecular formula is C16H17N3O4. The Labute approximate surface area is 133 Å². The summed E-state index contributed by atoms with van der Waals surface area (Å²) in [6, 6.07) is 5.04. The van der Waals surface area contributed by atoms with Crippen molar-refractivity contribution >= 4 is 5.91 Å². The van der Waals surface area contributed by atoms with Gasteiger partial charge in [-0.15, -0.1) is 0 Å². The summed E-state index contributed by atoms with van der Waals surface area (Å²) in [5.74, 6) is 1.96. The lowest BCUT2D eigenvalue weighted by Crippen LogP contribution is -2.43. The van der Waals surface area contributed by atoms with E-state index in [1.807, 2.05) is 6.92 Å². The first-order chi connectivity index (χ1) is 11.2. The van der Waals surface area contributed by atoms with E-state index in [0.717, 1.165) is 11.5 Å². The lowest BCUT2D eigenvalue weighted by Gasteiger charge is -2.34. The first-order valence-corrected chi connectivity index (χ1v) is 7.52. The van der Waals surface area contributed by atoms with Gasteiger partial charge in [-0.05, 0) is 25.1 Å². The molecule has 1 saturated heterocycles. The van der Waals surface area contributed by atoms with Gasteiger partial charge in [0.05, 0.1) is 13.2 Å². The SMILES string of the molecule is Cc1cnc([C@@H]2COCCN2C(=O)c2ccc3c(c2)OCO3)[nH]1. The second kappa shape index (κ2) is 5.58. The highest BCUT2D eigenvalue weighted by Gasteiger charge is 2.31. The fourth-order valence-corrected chi connectivity index (χ4v) is 2.87. The Bertz CT molecular complexity index is 743. The third kappa shape index (κ3) is 2.53. The number of carbonyl (C=O) groups is 1. The second-order valence-electron chi connectivity index (χ2n) is 5.61. The Balaban J connectivity index is 1.62. The van der Waals surface area contributed by atoms with Crippen LogP contribution in [0.1, 0.15) is 27.9 Å². The number of aromatic amines is 1. The Hall–Kier alpha value is -2.54. The third-order valence-electron chi connectivity index (χ3n) is 4.05. The Morgan fingerprint density at radius 2 is 2.22 bits per heavy atom. The van der Waals surface area contributed by atoms with Gasteiger partial charge in [-0.25, -0.2) is 4.98 Å². The molecule has 2 aliphatic heterocycles. The van der Waals surface area contributed by atoms with Crippen LogP contribution >= 0.6 is 0 Å². The van der Waals surface area contributed by atoms with E-state index < -0.39 is 0 Å². The number of ether oxygens (including phenoxy) is 3. The lowest BCUT2D eigenvalue weighted by molar-refractivity contribution is -0.00502. The summed E-state index contributed by atoms with van der Waals surface area (Å²) in [6.07, 6.45) is 1.76. The van der Waals surface area contributed by atoms with Gasteiger partial charge in [0.25, 0.3) is 5.91 Å². The minimum absolute atomic E-state index is 0.0642. The van der Waals surface area contributed by atoms with Gasteiger partial charge < -0.3 is 24.1 Å². The molecule has 120 valence electrons. The predicted octanol–water partition coefficient (Wildman–Crippen LogP) is 1.66. The number of nitrogens with zero attached hydrogens (tertiary/aromatic N) is 2. The highest BCUT2D eigenvalue weighted by atomic mass is 16.7. The minimum atomic E-state index is -0.213. The average molecular weight is 315 g/mol. The van der Waals surface area contributed by atoms with Crippen molar-refractivity contribution in [3.63, 3.8) is 0 Å². The first-order valence-electron chi connectivity index (χ1n) is 7.52. The van der Waals surface area contributed by atoms with Gasteiger partial charge in [0.2, 0.25) is 6.79 Å². The van der Waals surface area contributed by atoms with Crippen molar-refractivity contribution in [2.45, 2.75) is 13.0 Å². The molecule has 1 fully saturated rings. The zero-order chi connectivity index (χ0) is 15.8. The maximum absolute atomic E-state index is 12.9. The highest BCUT2D eigenvalue weighted by Crippen LogP contribution is 2.33. The molecule has 1 amide bonds. The van der Waals surface area contributed by atoms with Gasteiger partial charge in [-0.1, -0.05) is 0 Å². The number of hydrogen-bond acceptors (Lipinski definition) is 5. The number of aromatic nitrogens is 2. The molecule has 0 spiro atoms. The molecule has 7 heteroatoms. The number of amides is 1. The van der Waals surface area contributed by atoms with Gasteiger partial charge in [0.1, 0.15) is 11.9 Å². The Kier molecular flexibility index (Phi) is 3.42. The number of aryl methyl sites for hydroxylation is 1. The van der Waals surface area contributed by atoms with Gasteiger partial charge in [0, 0.05) is 24.0 Å². The van der Waals surface area contributed by atoms with E-state index >= 15 is 0 Å². The van der Waals surface area contributed by atoms with Crippen LogP contribution in [0.5, 0.6) is 11.5 Å². The molecule has 23 heavy (non-hydrogen) atoms. The smallest absolute Gasteiger partial charge is 0.254 e. The molecule has 2 aliphatic rings. The summed E-state index contributed by atoms with van der Waals surface area (Å²) >= 11 is 0. The van der Waals surface area contributed by atoms with E-state index in [-0.39, 0.29) is 18.7 Å². The molecule has 1 aromatic carbocycles. The second-order valence-corrected chi connectivity index (χ2v) is 5.61. The number of carbonyl (C=O) groups excluding carboxylic acids is 1. The average Bonchev–Trinajstić information content (AvgIpc) is 3.22. The van der Waals surface area contributed by atoms with Gasteiger partial charge in [0.15, 0.2) is 11.5 Å². The highest BCUT2D eigenvalue weighted by molar-refractivity contribution is 5.95. The number of fused-ring (bicyclic) bond motifs is 1. The Morgan fingerprint density at radius 1 is 1.35 bits per heavy atom. The molecule has 1 N–H and O–H groups in total. The number of morpholine rings is 1. The van der Waals surface area contributed by atoms with E-state index in [1.165, 1.54) is 0 Å². The number of hydrogen-bond donors (Lipinski definition) is 1. The Morgan fingerprint density at radius 3 is 3.04 bits per heavy atom. The van der Waals surface area contributed by atoms with E-state index in [9.17, 15) is 4.79 Å². The van der Waals surface area contributed by atoms with Crippen LogP contribution < -0.4 is 9.47 Å². The van der Waals surface area contributed by atoms with Crippen molar-refractivity contribution in [2.75, 3.05) is 26.6 Å². The van der Waals surface area contributed by atoms with Crippen LogP contribution in [-0.4, -0.2) is 47.3 Å².